The number of nitrogens with one attached hydrogen (secondary N) is 1. The van der Waals surface area contributed by atoms with E-state index in [4.69, 9.17) is 5.11 Å². The van der Waals surface area contributed by atoms with Crippen LogP contribution in [-0.2, 0) is 0 Å². The van der Waals surface area contributed by atoms with E-state index in [0.717, 1.165) is 11.3 Å². The molecule has 0 atom stereocenters. The molecule has 1 amide bonds. The van der Waals surface area contributed by atoms with Gasteiger partial charge in [0.1, 0.15) is 0 Å². The SMILES string of the molecule is CC(C)(C)CCNC(=O)c1csc(C#CCCO)c1. The van der Waals surface area contributed by atoms with Gasteiger partial charge in [0.05, 0.1) is 17.0 Å². The molecule has 1 aromatic rings. The van der Waals surface area contributed by atoms with E-state index in [9.17, 15) is 4.79 Å². The molecule has 0 aromatic carbocycles. The molecule has 19 heavy (non-hydrogen) atoms. The smallest absolute Gasteiger partial charge is 0.252 e. The van der Waals surface area contributed by atoms with Gasteiger partial charge in [0.25, 0.3) is 5.91 Å². The highest BCUT2D eigenvalue weighted by molar-refractivity contribution is 7.10. The van der Waals surface area contributed by atoms with Crippen molar-refractivity contribution in [2.45, 2.75) is 33.6 Å². The summed E-state index contributed by atoms with van der Waals surface area (Å²) in [6.45, 7) is 7.21. The van der Waals surface area contributed by atoms with Crippen molar-refractivity contribution in [1.29, 1.82) is 0 Å². The largest absolute Gasteiger partial charge is 0.395 e. The van der Waals surface area contributed by atoms with Gasteiger partial charge in [-0.05, 0) is 17.9 Å². The van der Waals surface area contributed by atoms with Crippen molar-refractivity contribution < 1.29 is 9.90 Å². The minimum Gasteiger partial charge on any atom is -0.395 e. The van der Waals surface area contributed by atoms with Crippen LogP contribution in [0.3, 0.4) is 0 Å². The number of amides is 1. The van der Waals surface area contributed by atoms with Gasteiger partial charge in [0.15, 0.2) is 0 Å². The summed E-state index contributed by atoms with van der Waals surface area (Å²) in [5.74, 6) is 5.73. The molecule has 1 heterocycles. The minimum absolute atomic E-state index is 0.0456. The molecule has 0 aliphatic rings. The van der Waals surface area contributed by atoms with E-state index in [1.54, 1.807) is 6.07 Å². The average molecular weight is 279 g/mol. The fourth-order valence-corrected chi connectivity index (χ4v) is 2.13. The lowest BCUT2D eigenvalue weighted by atomic mass is 9.92. The fraction of sp³-hybridized carbons (Fsp3) is 0.533. The number of aliphatic hydroxyl groups is 1. The maximum absolute atomic E-state index is 11.9. The second kappa shape index (κ2) is 7.32. The Balaban J connectivity index is 2.48. The molecule has 0 radical (unpaired) electrons. The normalized spacial score (nSPS) is 10.7. The zero-order valence-corrected chi connectivity index (χ0v) is 12.6. The van der Waals surface area contributed by atoms with Crippen LogP contribution in [0.25, 0.3) is 0 Å². The number of rotatable bonds is 4. The van der Waals surface area contributed by atoms with Crippen molar-refractivity contribution in [2.75, 3.05) is 13.2 Å². The molecule has 0 aliphatic carbocycles. The Labute approximate surface area is 119 Å². The van der Waals surface area contributed by atoms with Crippen LogP contribution in [0.2, 0.25) is 0 Å². The molecule has 3 nitrogen and oxygen atoms in total. The van der Waals surface area contributed by atoms with Crippen molar-refractivity contribution in [3.05, 3.63) is 21.9 Å². The fourth-order valence-electron chi connectivity index (χ4n) is 1.38. The topological polar surface area (TPSA) is 49.3 Å². The monoisotopic (exact) mass is 279 g/mol. The van der Waals surface area contributed by atoms with Crippen LogP contribution in [-0.4, -0.2) is 24.2 Å². The Hall–Kier alpha value is -1.31. The molecule has 0 bridgehead atoms. The number of hydrogen-bond acceptors (Lipinski definition) is 3. The summed E-state index contributed by atoms with van der Waals surface area (Å²) in [5, 5.41) is 13.4. The zero-order valence-electron chi connectivity index (χ0n) is 11.7. The predicted octanol–water partition coefficient (Wildman–Crippen LogP) is 2.65. The van der Waals surface area contributed by atoms with Gasteiger partial charge in [-0.15, -0.1) is 11.3 Å². The first-order valence-corrected chi connectivity index (χ1v) is 7.27. The predicted molar refractivity (Wildman–Crippen MR) is 79.3 cm³/mol. The third-order valence-electron chi connectivity index (χ3n) is 2.47. The maximum atomic E-state index is 11.9. The van der Waals surface area contributed by atoms with Gasteiger partial charge in [-0.2, -0.15) is 0 Å². The summed E-state index contributed by atoms with van der Waals surface area (Å²) < 4.78 is 0. The lowest BCUT2D eigenvalue weighted by Gasteiger charge is -2.17. The minimum atomic E-state index is -0.0456. The summed E-state index contributed by atoms with van der Waals surface area (Å²) in [7, 11) is 0. The molecule has 1 rings (SSSR count). The van der Waals surface area contributed by atoms with Crippen molar-refractivity contribution in [1.82, 2.24) is 5.32 Å². The summed E-state index contributed by atoms with van der Waals surface area (Å²) in [6, 6.07) is 1.79. The number of carbonyl (C=O) groups is 1. The highest BCUT2D eigenvalue weighted by Crippen LogP contribution is 2.17. The van der Waals surface area contributed by atoms with E-state index in [2.05, 4.69) is 37.9 Å². The lowest BCUT2D eigenvalue weighted by molar-refractivity contribution is 0.0950. The van der Waals surface area contributed by atoms with E-state index in [0.29, 0.717) is 18.5 Å². The first kappa shape index (κ1) is 15.7. The molecule has 0 fully saturated rings. The Kier molecular flexibility index (Phi) is 6.07. The average Bonchev–Trinajstić information content (AvgIpc) is 2.76. The quantitative estimate of drug-likeness (QED) is 0.832. The molecule has 0 aliphatic heterocycles. The third kappa shape index (κ3) is 6.42. The molecule has 104 valence electrons. The van der Waals surface area contributed by atoms with Crippen LogP contribution in [0.5, 0.6) is 0 Å². The van der Waals surface area contributed by atoms with Gasteiger partial charge < -0.3 is 10.4 Å². The van der Waals surface area contributed by atoms with E-state index >= 15 is 0 Å². The molecule has 1 aromatic heterocycles. The van der Waals surface area contributed by atoms with Crippen LogP contribution >= 0.6 is 11.3 Å². The number of carbonyl (C=O) groups excluding carboxylic acids is 1. The Morgan fingerprint density at radius 1 is 1.47 bits per heavy atom. The van der Waals surface area contributed by atoms with Crippen LogP contribution in [0.1, 0.15) is 48.8 Å². The summed E-state index contributed by atoms with van der Waals surface area (Å²) in [6.07, 6.45) is 1.41. The van der Waals surface area contributed by atoms with Crippen LogP contribution in [0.15, 0.2) is 11.4 Å². The van der Waals surface area contributed by atoms with Gasteiger partial charge in [0.2, 0.25) is 0 Å². The first-order chi connectivity index (χ1) is 8.92. The summed E-state index contributed by atoms with van der Waals surface area (Å²) >= 11 is 1.45. The molecular formula is C15H21NO2S. The molecule has 0 saturated heterocycles. The van der Waals surface area contributed by atoms with Gasteiger partial charge >= 0.3 is 0 Å². The van der Waals surface area contributed by atoms with Crippen molar-refractivity contribution >= 4 is 17.2 Å². The second-order valence-electron chi connectivity index (χ2n) is 5.54. The molecule has 0 unspecified atom stereocenters. The van der Waals surface area contributed by atoms with E-state index in [1.807, 2.05) is 5.38 Å². The van der Waals surface area contributed by atoms with Gasteiger partial charge in [-0.1, -0.05) is 32.6 Å². The first-order valence-electron chi connectivity index (χ1n) is 6.39. The molecular weight excluding hydrogens is 258 g/mol. The van der Waals surface area contributed by atoms with Crippen molar-refractivity contribution in [3.8, 4) is 11.8 Å². The third-order valence-corrected chi connectivity index (χ3v) is 3.32. The second-order valence-corrected chi connectivity index (χ2v) is 6.45. The van der Waals surface area contributed by atoms with Gasteiger partial charge in [-0.3, -0.25) is 4.79 Å². The zero-order chi connectivity index (χ0) is 14.3. The van der Waals surface area contributed by atoms with Crippen LogP contribution in [0.4, 0.5) is 0 Å². The van der Waals surface area contributed by atoms with E-state index < -0.39 is 0 Å². The molecule has 2 N–H and O–H groups in total. The maximum Gasteiger partial charge on any atom is 0.252 e. The molecule has 0 spiro atoms. The van der Waals surface area contributed by atoms with Crippen LogP contribution < -0.4 is 5.32 Å². The van der Waals surface area contributed by atoms with Crippen molar-refractivity contribution in [3.63, 3.8) is 0 Å². The summed E-state index contributed by atoms with van der Waals surface area (Å²) in [4.78, 5) is 12.7. The van der Waals surface area contributed by atoms with Crippen LogP contribution in [0, 0.1) is 17.3 Å². The Morgan fingerprint density at radius 2 is 2.21 bits per heavy atom. The highest BCUT2D eigenvalue weighted by atomic mass is 32.1. The Bertz CT molecular complexity index is 474. The van der Waals surface area contributed by atoms with Gasteiger partial charge in [0, 0.05) is 18.3 Å². The number of aliphatic hydroxyl groups excluding tert-OH is 1. The molecule has 4 heteroatoms. The standard InChI is InChI=1S/C15H21NO2S/c1-15(2,3)7-8-16-14(18)12-10-13(19-11-12)6-4-5-9-17/h10-11,17H,5,7-9H2,1-3H3,(H,16,18). The van der Waals surface area contributed by atoms with E-state index in [-0.39, 0.29) is 17.9 Å². The highest BCUT2D eigenvalue weighted by Gasteiger charge is 2.12. The summed E-state index contributed by atoms with van der Waals surface area (Å²) in [5.41, 5.74) is 0.885. The number of thiophene rings is 1. The lowest BCUT2D eigenvalue weighted by Crippen LogP contribution is -2.26. The van der Waals surface area contributed by atoms with Crippen molar-refractivity contribution in [2.24, 2.45) is 5.41 Å². The Morgan fingerprint density at radius 3 is 2.84 bits per heavy atom. The number of hydrogen-bond donors (Lipinski definition) is 2. The van der Waals surface area contributed by atoms with E-state index in [1.165, 1.54) is 11.3 Å². The van der Waals surface area contributed by atoms with Gasteiger partial charge in [-0.25, -0.2) is 0 Å². The molecule has 0 saturated carbocycles.